The summed E-state index contributed by atoms with van der Waals surface area (Å²) in [4.78, 5) is 17.3. The Balaban J connectivity index is 2.22. The minimum atomic E-state index is -0.401. The monoisotopic (exact) mass is 350 g/mol. The van der Waals surface area contributed by atoms with Crippen molar-refractivity contribution in [2.75, 3.05) is 0 Å². The van der Waals surface area contributed by atoms with Crippen LogP contribution in [-0.4, -0.2) is 19.2 Å². The summed E-state index contributed by atoms with van der Waals surface area (Å²) < 4.78 is 2.77. The van der Waals surface area contributed by atoms with E-state index in [1.54, 1.807) is 4.57 Å². The Hall–Kier alpha value is -1.85. The molecule has 1 atom stereocenters. The van der Waals surface area contributed by atoms with Crippen LogP contribution in [0.4, 0.5) is 0 Å². The van der Waals surface area contributed by atoms with Crippen LogP contribution in [0.3, 0.4) is 0 Å². The Morgan fingerprint density at radius 1 is 1.22 bits per heavy atom. The average molecular weight is 351 g/mol. The number of aromatic nitrogens is 4. The first-order valence-electron chi connectivity index (χ1n) is 7.31. The van der Waals surface area contributed by atoms with Gasteiger partial charge < -0.3 is 0 Å². The molecule has 0 N–H and O–H groups in total. The molecule has 0 saturated heterocycles. The topological polar surface area (TPSA) is 52.2 Å². The van der Waals surface area contributed by atoms with Gasteiger partial charge in [0, 0.05) is 0 Å². The Kier molecular flexibility index (Phi) is 4.41. The van der Waals surface area contributed by atoms with Crippen LogP contribution in [0.2, 0.25) is 5.02 Å². The molecule has 2 heterocycles. The van der Waals surface area contributed by atoms with Gasteiger partial charge in [0.15, 0.2) is 5.65 Å². The molecule has 0 aliphatic carbocycles. The van der Waals surface area contributed by atoms with Crippen LogP contribution in [0.5, 0.6) is 0 Å². The second-order valence-electron chi connectivity index (χ2n) is 5.70. The number of nitrogens with zero attached hydrogens (tertiary/aromatic N) is 4. The summed E-state index contributed by atoms with van der Waals surface area (Å²) >= 11 is 12.6. The molecule has 0 amide bonds. The average Bonchev–Trinajstić information content (AvgIpc) is 2.91. The Morgan fingerprint density at radius 2 is 1.91 bits per heavy atom. The van der Waals surface area contributed by atoms with Crippen LogP contribution in [0.15, 0.2) is 41.3 Å². The van der Waals surface area contributed by atoms with Gasteiger partial charge in [-0.05, 0) is 11.5 Å². The molecule has 0 spiro atoms. The third kappa shape index (κ3) is 2.99. The molecule has 1 aromatic carbocycles. The molecule has 3 rings (SSSR count). The van der Waals surface area contributed by atoms with E-state index in [4.69, 9.17) is 23.2 Å². The molecule has 23 heavy (non-hydrogen) atoms. The van der Waals surface area contributed by atoms with Crippen molar-refractivity contribution < 1.29 is 0 Å². The number of halogens is 2. The number of rotatable bonds is 4. The number of fused-ring (bicyclic) bond motifs is 1. The molecule has 3 aromatic rings. The summed E-state index contributed by atoms with van der Waals surface area (Å²) in [6.45, 7) is 4.35. The van der Waals surface area contributed by atoms with E-state index >= 15 is 0 Å². The molecule has 0 unspecified atom stereocenters. The van der Waals surface area contributed by atoms with E-state index in [-0.39, 0.29) is 11.6 Å². The van der Waals surface area contributed by atoms with Crippen LogP contribution in [-0.2, 0) is 6.54 Å². The molecule has 0 bridgehead atoms. The summed E-state index contributed by atoms with van der Waals surface area (Å²) in [7, 11) is 0. The SMILES string of the molecule is CC(C)[C@@H](Cl)c1nc2c(Cl)cnn2c(=O)n1Cc1ccccc1. The van der Waals surface area contributed by atoms with Crippen LogP contribution < -0.4 is 5.69 Å². The number of hydrogen-bond donors (Lipinski definition) is 0. The highest BCUT2D eigenvalue weighted by atomic mass is 35.5. The predicted molar refractivity (Wildman–Crippen MR) is 91.2 cm³/mol. The molecular formula is C16H16Cl2N4O. The molecule has 0 aliphatic heterocycles. The Bertz CT molecular complexity index is 886. The van der Waals surface area contributed by atoms with Gasteiger partial charge in [0.2, 0.25) is 0 Å². The normalized spacial score (nSPS) is 12.9. The van der Waals surface area contributed by atoms with Gasteiger partial charge in [0.1, 0.15) is 10.8 Å². The van der Waals surface area contributed by atoms with Crippen LogP contribution in [0.25, 0.3) is 5.65 Å². The molecule has 0 saturated carbocycles. The van der Waals surface area contributed by atoms with Gasteiger partial charge >= 0.3 is 5.69 Å². The van der Waals surface area contributed by atoms with Gasteiger partial charge in [0.05, 0.1) is 18.1 Å². The molecule has 0 radical (unpaired) electrons. The second kappa shape index (κ2) is 6.34. The van der Waals surface area contributed by atoms with E-state index in [1.807, 2.05) is 44.2 Å². The first kappa shape index (κ1) is 16.0. The summed E-state index contributed by atoms with van der Waals surface area (Å²) in [6.07, 6.45) is 1.42. The smallest absolute Gasteiger partial charge is 0.274 e. The fraction of sp³-hybridized carbons (Fsp3) is 0.312. The minimum absolute atomic E-state index is 0.120. The van der Waals surface area contributed by atoms with Crippen molar-refractivity contribution in [3.63, 3.8) is 0 Å². The molecule has 5 nitrogen and oxygen atoms in total. The van der Waals surface area contributed by atoms with Crippen molar-refractivity contribution in [3.05, 3.63) is 63.4 Å². The summed E-state index contributed by atoms with van der Waals surface area (Å²) in [5.41, 5.74) is 1.03. The van der Waals surface area contributed by atoms with Gasteiger partial charge in [-0.25, -0.2) is 9.78 Å². The maximum absolute atomic E-state index is 12.8. The maximum atomic E-state index is 12.8. The highest BCUT2D eigenvalue weighted by molar-refractivity contribution is 6.33. The first-order chi connectivity index (χ1) is 11.0. The van der Waals surface area contributed by atoms with Crippen molar-refractivity contribution in [1.29, 1.82) is 0 Å². The first-order valence-corrected chi connectivity index (χ1v) is 8.12. The lowest BCUT2D eigenvalue weighted by Crippen LogP contribution is -2.33. The number of alkyl halides is 1. The highest BCUT2D eigenvalue weighted by Crippen LogP contribution is 2.27. The predicted octanol–water partition coefficient (Wildman–Crippen LogP) is 3.53. The highest BCUT2D eigenvalue weighted by Gasteiger charge is 2.22. The zero-order chi connectivity index (χ0) is 16.6. The molecule has 2 aromatic heterocycles. The van der Waals surface area contributed by atoms with E-state index < -0.39 is 5.38 Å². The van der Waals surface area contributed by atoms with Gasteiger partial charge in [0.25, 0.3) is 0 Å². The Morgan fingerprint density at radius 3 is 2.57 bits per heavy atom. The van der Waals surface area contributed by atoms with Crippen molar-refractivity contribution in [2.45, 2.75) is 25.8 Å². The van der Waals surface area contributed by atoms with Gasteiger partial charge in [-0.2, -0.15) is 9.61 Å². The lowest BCUT2D eigenvalue weighted by atomic mass is 10.1. The largest absolute Gasteiger partial charge is 0.352 e. The summed E-state index contributed by atoms with van der Waals surface area (Å²) in [6, 6.07) is 9.69. The third-order valence-corrected chi connectivity index (χ3v) is 4.59. The van der Waals surface area contributed by atoms with Crippen molar-refractivity contribution >= 4 is 28.8 Å². The van der Waals surface area contributed by atoms with Crippen molar-refractivity contribution in [3.8, 4) is 0 Å². The second-order valence-corrected chi connectivity index (χ2v) is 6.58. The zero-order valence-electron chi connectivity index (χ0n) is 12.8. The lowest BCUT2D eigenvalue weighted by Gasteiger charge is -2.18. The Labute approximate surface area is 143 Å². The molecule has 120 valence electrons. The van der Waals surface area contributed by atoms with E-state index in [0.29, 0.717) is 23.0 Å². The molecule has 0 fully saturated rings. The van der Waals surface area contributed by atoms with E-state index in [0.717, 1.165) is 5.56 Å². The van der Waals surface area contributed by atoms with Gasteiger partial charge in [-0.3, -0.25) is 4.57 Å². The number of hydrogen-bond acceptors (Lipinski definition) is 3. The van der Waals surface area contributed by atoms with E-state index in [2.05, 4.69) is 10.1 Å². The standard InChI is InChI=1S/C16H16Cl2N4O/c1-10(2)13(18)15-20-14-12(17)8-19-22(14)16(23)21(15)9-11-6-4-3-5-7-11/h3-8,10,13H,9H2,1-2H3/t13-/m1/s1. The van der Waals surface area contributed by atoms with Crippen LogP contribution in [0, 0.1) is 5.92 Å². The fourth-order valence-corrected chi connectivity index (χ4v) is 2.70. The van der Waals surface area contributed by atoms with Crippen LogP contribution >= 0.6 is 23.2 Å². The summed E-state index contributed by atoms with van der Waals surface area (Å²) in [5, 5.41) is 3.95. The third-order valence-electron chi connectivity index (χ3n) is 3.63. The molecule has 0 aliphatic rings. The lowest BCUT2D eigenvalue weighted by molar-refractivity contribution is 0.535. The van der Waals surface area contributed by atoms with Gasteiger partial charge in [-0.15, -0.1) is 11.6 Å². The maximum Gasteiger partial charge on any atom is 0.352 e. The molecule has 7 heteroatoms. The van der Waals surface area contributed by atoms with Crippen molar-refractivity contribution in [2.24, 2.45) is 5.92 Å². The number of benzene rings is 1. The fourth-order valence-electron chi connectivity index (χ4n) is 2.37. The van der Waals surface area contributed by atoms with E-state index in [9.17, 15) is 4.79 Å². The quantitative estimate of drug-likeness (QED) is 0.676. The molecular weight excluding hydrogens is 335 g/mol. The van der Waals surface area contributed by atoms with Crippen molar-refractivity contribution in [1.82, 2.24) is 19.2 Å². The minimum Gasteiger partial charge on any atom is -0.274 e. The summed E-state index contributed by atoms with van der Waals surface area (Å²) in [5.74, 6) is 0.625. The van der Waals surface area contributed by atoms with E-state index in [1.165, 1.54) is 10.7 Å². The van der Waals surface area contributed by atoms with Gasteiger partial charge in [-0.1, -0.05) is 55.8 Å². The zero-order valence-corrected chi connectivity index (χ0v) is 14.3. The van der Waals surface area contributed by atoms with Crippen LogP contribution in [0.1, 0.15) is 30.6 Å².